The Morgan fingerprint density at radius 2 is 2.37 bits per heavy atom. The van der Waals surface area contributed by atoms with Crippen molar-refractivity contribution in [3.05, 3.63) is 34.3 Å². The van der Waals surface area contributed by atoms with Gasteiger partial charge in [-0.05, 0) is 57.0 Å². The summed E-state index contributed by atoms with van der Waals surface area (Å²) in [6, 6.07) is 7.63. The van der Waals surface area contributed by atoms with Crippen LogP contribution in [0.5, 0.6) is 0 Å². The predicted octanol–water partition coefficient (Wildman–Crippen LogP) is 2.91. The zero-order chi connectivity index (χ0) is 13.7. The molecule has 104 valence electrons. The SMILES string of the molecule is CCN(CC1CCCNC1)C(=O)c1cccc(Br)c1. The van der Waals surface area contributed by atoms with Gasteiger partial charge in [0.1, 0.15) is 0 Å². The molecule has 2 rings (SSSR count). The first-order chi connectivity index (χ1) is 9.20. The monoisotopic (exact) mass is 324 g/mol. The third-order valence-corrected chi connectivity index (χ3v) is 4.11. The van der Waals surface area contributed by atoms with E-state index in [-0.39, 0.29) is 5.91 Å². The number of carbonyl (C=O) groups is 1. The minimum Gasteiger partial charge on any atom is -0.339 e. The minimum atomic E-state index is 0.134. The van der Waals surface area contributed by atoms with Crippen LogP contribution in [0.1, 0.15) is 30.1 Å². The van der Waals surface area contributed by atoms with Crippen LogP contribution >= 0.6 is 15.9 Å². The van der Waals surface area contributed by atoms with E-state index in [2.05, 4.69) is 21.2 Å². The van der Waals surface area contributed by atoms with Crippen LogP contribution in [0, 0.1) is 5.92 Å². The van der Waals surface area contributed by atoms with Crippen molar-refractivity contribution in [3.8, 4) is 0 Å². The average Bonchev–Trinajstić information content (AvgIpc) is 2.45. The molecule has 0 bridgehead atoms. The number of carbonyl (C=O) groups excluding carboxylic acids is 1. The molecule has 1 atom stereocenters. The molecule has 1 N–H and O–H groups in total. The molecule has 1 aliphatic rings. The zero-order valence-corrected chi connectivity index (χ0v) is 12.9. The van der Waals surface area contributed by atoms with E-state index in [1.807, 2.05) is 36.1 Å². The highest BCUT2D eigenvalue weighted by atomic mass is 79.9. The van der Waals surface area contributed by atoms with Gasteiger partial charge in [-0.25, -0.2) is 0 Å². The number of nitrogens with zero attached hydrogens (tertiary/aromatic N) is 1. The molecule has 1 heterocycles. The van der Waals surface area contributed by atoms with E-state index < -0.39 is 0 Å². The number of benzene rings is 1. The lowest BCUT2D eigenvalue weighted by atomic mass is 9.99. The smallest absolute Gasteiger partial charge is 0.253 e. The van der Waals surface area contributed by atoms with Gasteiger partial charge in [0.25, 0.3) is 5.91 Å². The third-order valence-electron chi connectivity index (χ3n) is 3.62. The topological polar surface area (TPSA) is 32.3 Å². The minimum absolute atomic E-state index is 0.134. The van der Waals surface area contributed by atoms with Crippen LogP contribution in [-0.4, -0.2) is 37.0 Å². The van der Waals surface area contributed by atoms with Gasteiger partial charge in [-0.15, -0.1) is 0 Å². The lowest BCUT2D eigenvalue weighted by Crippen LogP contribution is -2.41. The van der Waals surface area contributed by atoms with E-state index in [9.17, 15) is 4.79 Å². The Bertz CT molecular complexity index is 430. The fraction of sp³-hybridized carbons (Fsp3) is 0.533. The Morgan fingerprint density at radius 3 is 3.00 bits per heavy atom. The summed E-state index contributed by atoms with van der Waals surface area (Å²) >= 11 is 3.42. The van der Waals surface area contributed by atoms with E-state index in [1.54, 1.807) is 0 Å². The second-order valence-corrected chi connectivity index (χ2v) is 5.98. The van der Waals surface area contributed by atoms with E-state index in [4.69, 9.17) is 0 Å². The zero-order valence-electron chi connectivity index (χ0n) is 11.4. The van der Waals surface area contributed by atoms with Crippen molar-refractivity contribution in [1.82, 2.24) is 10.2 Å². The van der Waals surface area contributed by atoms with Crippen LogP contribution in [0.2, 0.25) is 0 Å². The molecule has 1 amide bonds. The Morgan fingerprint density at radius 1 is 1.53 bits per heavy atom. The van der Waals surface area contributed by atoms with Gasteiger partial charge in [-0.1, -0.05) is 22.0 Å². The van der Waals surface area contributed by atoms with E-state index in [1.165, 1.54) is 12.8 Å². The number of amides is 1. The number of hydrogen-bond donors (Lipinski definition) is 1. The highest BCUT2D eigenvalue weighted by molar-refractivity contribution is 9.10. The molecule has 0 saturated carbocycles. The Labute approximate surface area is 123 Å². The molecule has 0 radical (unpaired) electrons. The normalized spacial score (nSPS) is 19.2. The summed E-state index contributed by atoms with van der Waals surface area (Å²) in [5.74, 6) is 0.721. The van der Waals surface area contributed by atoms with Crippen LogP contribution in [0.25, 0.3) is 0 Å². The van der Waals surface area contributed by atoms with Crippen molar-refractivity contribution in [1.29, 1.82) is 0 Å². The van der Waals surface area contributed by atoms with Crippen LogP contribution in [0.3, 0.4) is 0 Å². The molecule has 1 aromatic rings. The fourth-order valence-electron chi connectivity index (χ4n) is 2.55. The number of halogens is 1. The van der Waals surface area contributed by atoms with Crippen molar-refractivity contribution >= 4 is 21.8 Å². The summed E-state index contributed by atoms with van der Waals surface area (Å²) in [6.07, 6.45) is 2.43. The molecular weight excluding hydrogens is 304 g/mol. The standard InChI is InChI=1S/C15H21BrN2O/c1-2-18(11-12-5-4-8-17-10-12)15(19)13-6-3-7-14(16)9-13/h3,6-7,9,12,17H,2,4-5,8,10-11H2,1H3. The first-order valence-corrected chi connectivity index (χ1v) is 7.75. The number of nitrogens with one attached hydrogen (secondary N) is 1. The maximum absolute atomic E-state index is 12.5. The van der Waals surface area contributed by atoms with Gasteiger partial charge >= 0.3 is 0 Å². The summed E-state index contributed by atoms with van der Waals surface area (Å²) in [4.78, 5) is 14.4. The van der Waals surface area contributed by atoms with Gasteiger partial charge in [0.05, 0.1) is 0 Å². The van der Waals surface area contributed by atoms with Crippen molar-refractivity contribution in [3.63, 3.8) is 0 Å². The summed E-state index contributed by atoms with van der Waals surface area (Å²) in [5, 5.41) is 3.41. The first kappa shape index (κ1) is 14.5. The van der Waals surface area contributed by atoms with E-state index >= 15 is 0 Å². The number of piperidine rings is 1. The van der Waals surface area contributed by atoms with Gasteiger partial charge in [0.15, 0.2) is 0 Å². The van der Waals surface area contributed by atoms with Crippen LogP contribution < -0.4 is 5.32 Å². The molecule has 4 heteroatoms. The third kappa shape index (κ3) is 4.05. The van der Waals surface area contributed by atoms with Crippen molar-refractivity contribution in [2.75, 3.05) is 26.2 Å². The Hall–Kier alpha value is -0.870. The molecule has 3 nitrogen and oxygen atoms in total. The van der Waals surface area contributed by atoms with Gasteiger partial charge in [0.2, 0.25) is 0 Å². The molecule has 1 unspecified atom stereocenters. The summed E-state index contributed by atoms with van der Waals surface area (Å²) in [5.41, 5.74) is 0.764. The van der Waals surface area contributed by atoms with Crippen molar-refractivity contribution in [2.24, 2.45) is 5.92 Å². The molecule has 1 saturated heterocycles. The summed E-state index contributed by atoms with van der Waals surface area (Å²) in [6.45, 7) is 5.81. The molecule has 1 fully saturated rings. The molecule has 1 aromatic carbocycles. The lowest BCUT2D eigenvalue weighted by molar-refractivity contribution is 0.0729. The number of hydrogen-bond acceptors (Lipinski definition) is 2. The lowest BCUT2D eigenvalue weighted by Gasteiger charge is -2.29. The highest BCUT2D eigenvalue weighted by Crippen LogP contribution is 2.16. The quantitative estimate of drug-likeness (QED) is 0.923. The predicted molar refractivity (Wildman–Crippen MR) is 81.3 cm³/mol. The number of rotatable bonds is 4. The largest absolute Gasteiger partial charge is 0.339 e. The van der Waals surface area contributed by atoms with Gasteiger partial charge < -0.3 is 10.2 Å². The molecule has 19 heavy (non-hydrogen) atoms. The fourth-order valence-corrected chi connectivity index (χ4v) is 2.95. The van der Waals surface area contributed by atoms with Gasteiger partial charge in [-0.2, -0.15) is 0 Å². The van der Waals surface area contributed by atoms with Crippen molar-refractivity contribution in [2.45, 2.75) is 19.8 Å². The van der Waals surface area contributed by atoms with Gasteiger partial charge in [0, 0.05) is 23.1 Å². The Kier molecular flexibility index (Phi) is 5.40. The van der Waals surface area contributed by atoms with Crippen LogP contribution in [-0.2, 0) is 0 Å². The molecular formula is C15H21BrN2O. The Balaban J connectivity index is 2.02. The summed E-state index contributed by atoms with van der Waals surface area (Å²) in [7, 11) is 0. The van der Waals surface area contributed by atoms with Crippen LogP contribution in [0.15, 0.2) is 28.7 Å². The first-order valence-electron chi connectivity index (χ1n) is 6.96. The maximum atomic E-state index is 12.5. The van der Waals surface area contributed by atoms with Crippen molar-refractivity contribution < 1.29 is 4.79 Å². The van der Waals surface area contributed by atoms with E-state index in [0.717, 1.165) is 36.2 Å². The summed E-state index contributed by atoms with van der Waals surface area (Å²) < 4.78 is 0.953. The molecule has 0 aliphatic carbocycles. The maximum Gasteiger partial charge on any atom is 0.253 e. The average molecular weight is 325 g/mol. The molecule has 0 aromatic heterocycles. The molecule has 1 aliphatic heterocycles. The second-order valence-electron chi connectivity index (χ2n) is 5.07. The second kappa shape index (κ2) is 7.06. The molecule has 0 spiro atoms. The van der Waals surface area contributed by atoms with Crippen LogP contribution in [0.4, 0.5) is 0 Å². The van der Waals surface area contributed by atoms with Gasteiger partial charge in [-0.3, -0.25) is 4.79 Å². The highest BCUT2D eigenvalue weighted by Gasteiger charge is 2.20. The van der Waals surface area contributed by atoms with E-state index in [0.29, 0.717) is 5.92 Å².